The van der Waals surface area contributed by atoms with Crippen molar-refractivity contribution in [1.29, 1.82) is 0 Å². The van der Waals surface area contributed by atoms with Crippen molar-refractivity contribution in [2.24, 2.45) is 10.9 Å². The molecule has 2 heterocycles. The quantitative estimate of drug-likeness (QED) is 0.221. The molecule has 2 saturated heterocycles. The number of nitrogens with zero attached hydrogens (tertiary/aromatic N) is 2. The molecule has 0 aliphatic carbocycles. The van der Waals surface area contributed by atoms with Gasteiger partial charge in [-0.25, -0.2) is 0 Å². The Balaban J connectivity index is 0.00000320. The number of nitrogens with one attached hydrogen (secondary N) is 2. The minimum absolute atomic E-state index is 0. The van der Waals surface area contributed by atoms with Crippen LogP contribution in [0.3, 0.4) is 0 Å². The van der Waals surface area contributed by atoms with Crippen molar-refractivity contribution in [1.82, 2.24) is 10.6 Å². The van der Waals surface area contributed by atoms with Crippen LogP contribution in [0.1, 0.15) is 25.7 Å². The predicted molar refractivity (Wildman–Crippen MR) is 133 cm³/mol. The van der Waals surface area contributed by atoms with Crippen LogP contribution in [0.15, 0.2) is 29.3 Å². The van der Waals surface area contributed by atoms with Gasteiger partial charge in [-0.2, -0.15) is 0 Å². The molecule has 0 spiro atoms. The highest BCUT2D eigenvalue weighted by atomic mass is 127. The average Bonchev–Trinajstić information content (AvgIpc) is 3.24. The number of ether oxygens (including phenoxy) is 3. The Bertz CT molecular complexity index is 641. The molecule has 2 N–H and O–H groups in total. The predicted octanol–water partition coefficient (Wildman–Crippen LogP) is 2.89. The molecule has 0 amide bonds. The van der Waals surface area contributed by atoms with Gasteiger partial charge in [0.15, 0.2) is 5.96 Å². The van der Waals surface area contributed by atoms with Gasteiger partial charge in [0, 0.05) is 59.2 Å². The Morgan fingerprint density at radius 3 is 2.80 bits per heavy atom. The third-order valence-corrected chi connectivity index (χ3v) is 5.63. The van der Waals surface area contributed by atoms with E-state index in [2.05, 4.69) is 32.7 Å². The maximum atomic E-state index is 5.83. The van der Waals surface area contributed by atoms with Crippen molar-refractivity contribution in [3.05, 3.63) is 24.3 Å². The van der Waals surface area contributed by atoms with Crippen LogP contribution in [0.2, 0.25) is 0 Å². The summed E-state index contributed by atoms with van der Waals surface area (Å²) in [6.07, 6.45) is 4.30. The minimum Gasteiger partial charge on any atom is -0.495 e. The fourth-order valence-corrected chi connectivity index (χ4v) is 3.92. The lowest BCUT2D eigenvalue weighted by atomic mass is 10.0. The number of para-hydroxylation sites is 2. The third kappa shape index (κ3) is 7.77. The molecular formula is C22H37IN4O3. The average molecular weight is 532 g/mol. The SMILES string of the molecule is CN=C(NCCCOCC1CCOCC1)NC1CCN(c2ccccc2OC)C1.I. The van der Waals surface area contributed by atoms with Crippen LogP contribution in [-0.2, 0) is 9.47 Å². The molecule has 1 aromatic rings. The molecule has 7 nitrogen and oxygen atoms in total. The summed E-state index contributed by atoms with van der Waals surface area (Å²) in [5.74, 6) is 2.46. The zero-order valence-electron chi connectivity index (χ0n) is 18.3. The van der Waals surface area contributed by atoms with Crippen LogP contribution in [-0.4, -0.2) is 72.2 Å². The van der Waals surface area contributed by atoms with Crippen molar-refractivity contribution in [2.45, 2.75) is 31.7 Å². The van der Waals surface area contributed by atoms with Crippen molar-refractivity contribution in [3.8, 4) is 5.75 Å². The molecule has 0 radical (unpaired) electrons. The highest BCUT2D eigenvalue weighted by Gasteiger charge is 2.25. The number of halogens is 1. The first-order chi connectivity index (χ1) is 14.3. The van der Waals surface area contributed by atoms with E-state index < -0.39 is 0 Å². The second-order valence-corrected chi connectivity index (χ2v) is 7.73. The standard InChI is InChI=1S/C22H36N4O3.HI/c1-23-22(24-11-5-13-29-17-18-9-14-28-15-10-18)25-19-8-12-26(16-19)20-6-3-4-7-21(20)27-2;/h3-4,6-7,18-19H,5,8-17H2,1-2H3,(H2,23,24,25);1H. The fourth-order valence-electron chi connectivity index (χ4n) is 3.92. The van der Waals surface area contributed by atoms with E-state index in [1.807, 2.05) is 19.2 Å². The van der Waals surface area contributed by atoms with Crippen LogP contribution < -0.4 is 20.3 Å². The molecule has 2 aliphatic heterocycles. The van der Waals surface area contributed by atoms with Gasteiger partial charge in [-0.3, -0.25) is 4.99 Å². The smallest absolute Gasteiger partial charge is 0.191 e. The minimum atomic E-state index is 0. The molecule has 3 rings (SSSR count). The molecule has 1 aromatic carbocycles. The first-order valence-corrected chi connectivity index (χ1v) is 10.8. The number of rotatable bonds is 9. The third-order valence-electron chi connectivity index (χ3n) is 5.63. The number of hydrogen-bond donors (Lipinski definition) is 2. The van der Waals surface area contributed by atoms with Gasteiger partial charge in [0.05, 0.1) is 12.8 Å². The lowest BCUT2D eigenvalue weighted by Crippen LogP contribution is -2.45. The summed E-state index contributed by atoms with van der Waals surface area (Å²) in [4.78, 5) is 6.74. The molecule has 30 heavy (non-hydrogen) atoms. The summed E-state index contributed by atoms with van der Waals surface area (Å²) in [7, 11) is 3.55. The lowest BCUT2D eigenvalue weighted by molar-refractivity contribution is 0.0203. The molecule has 170 valence electrons. The van der Waals surface area contributed by atoms with Gasteiger partial charge in [0.2, 0.25) is 0 Å². The Kier molecular flexibility index (Phi) is 11.6. The molecule has 8 heteroatoms. The Morgan fingerprint density at radius 1 is 1.23 bits per heavy atom. The summed E-state index contributed by atoms with van der Waals surface area (Å²) in [6.45, 7) is 6.21. The zero-order valence-corrected chi connectivity index (χ0v) is 20.6. The first-order valence-electron chi connectivity index (χ1n) is 10.8. The summed E-state index contributed by atoms with van der Waals surface area (Å²) in [5.41, 5.74) is 1.16. The van der Waals surface area contributed by atoms with Gasteiger partial charge in [-0.1, -0.05) is 12.1 Å². The van der Waals surface area contributed by atoms with E-state index in [4.69, 9.17) is 14.2 Å². The normalized spacial score (nSPS) is 20.0. The molecular weight excluding hydrogens is 495 g/mol. The van der Waals surface area contributed by atoms with Crippen LogP contribution in [0.5, 0.6) is 5.75 Å². The number of methoxy groups -OCH3 is 1. The molecule has 1 atom stereocenters. The number of hydrogen-bond acceptors (Lipinski definition) is 5. The summed E-state index contributed by atoms with van der Waals surface area (Å²) in [6, 6.07) is 8.57. The van der Waals surface area contributed by atoms with E-state index in [1.54, 1.807) is 7.11 Å². The number of anilines is 1. The topological polar surface area (TPSA) is 67.4 Å². The Morgan fingerprint density at radius 2 is 2.03 bits per heavy atom. The van der Waals surface area contributed by atoms with Gasteiger partial charge in [0.25, 0.3) is 0 Å². The van der Waals surface area contributed by atoms with E-state index >= 15 is 0 Å². The molecule has 0 bridgehead atoms. The second-order valence-electron chi connectivity index (χ2n) is 7.73. The second kappa shape index (κ2) is 13.9. The van der Waals surface area contributed by atoms with Crippen LogP contribution >= 0.6 is 24.0 Å². The molecule has 1 unspecified atom stereocenters. The van der Waals surface area contributed by atoms with Crippen molar-refractivity contribution in [2.75, 3.05) is 65.1 Å². The number of benzene rings is 1. The number of guanidine groups is 1. The van der Waals surface area contributed by atoms with E-state index in [-0.39, 0.29) is 24.0 Å². The van der Waals surface area contributed by atoms with Gasteiger partial charge < -0.3 is 29.7 Å². The Labute approximate surface area is 197 Å². The summed E-state index contributed by atoms with van der Waals surface area (Å²) in [5, 5.41) is 6.95. The largest absolute Gasteiger partial charge is 0.495 e. The highest BCUT2D eigenvalue weighted by molar-refractivity contribution is 14.0. The fraction of sp³-hybridized carbons (Fsp3) is 0.682. The zero-order chi connectivity index (χ0) is 20.3. The van der Waals surface area contributed by atoms with Gasteiger partial charge in [-0.15, -0.1) is 24.0 Å². The van der Waals surface area contributed by atoms with Crippen LogP contribution in [0.4, 0.5) is 5.69 Å². The first kappa shape index (κ1) is 25.0. The van der Waals surface area contributed by atoms with Crippen LogP contribution in [0.25, 0.3) is 0 Å². The van der Waals surface area contributed by atoms with Gasteiger partial charge >= 0.3 is 0 Å². The highest BCUT2D eigenvalue weighted by Crippen LogP contribution is 2.30. The molecule has 0 aromatic heterocycles. The van der Waals surface area contributed by atoms with Crippen molar-refractivity contribution in [3.63, 3.8) is 0 Å². The maximum Gasteiger partial charge on any atom is 0.191 e. The molecule has 2 fully saturated rings. The monoisotopic (exact) mass is 532 g/mol. The molecule has 0 saturated carbocycles. The van der Waals surface area contributed by atoms with E-state index in [1.165, 1.54) is 0 Å². The van der Waals surface area contributed by atoms with Crippen molar-refractivity contribution < 1.29 is 14.2 Å². The maximum absolute atomic E-state index is 5.83. The van der Waals surface area contributed by atoms with Crippen molar-refractivity contribution >= 4 is 35.6 Å². The van der Waals surface area contributed by atoms with E-state index in [0.29, 0.717) is 12.0 Å². The van der Waals surface area contributed by atoms with E-state index in [0.717, 1.165) is 89.1 Å². The number of aliphatic imine (C=N–C) groups is 1. The van der Waals surface area contributed by atoms with Crippen LogP contribution in [0, 0.1) is 5.92 Å². The molecule has 2 aliphatic rings. The Hall–Kier alpha value is -1.26. The van der Waals surface area contributed by atoms with Gasteiger partial charge in [0.1, 0.15) is 5.75 Å². The van der Waals surface area contributed by atoms with Gasteiger partial charge in [-0.05, 0) is 43.7 Å². The lowest BCUT2D eigenvalue weighted by Gasteiger charge is -2.22. The summed E-state index contributed by atoms with van der Waals surface area (Å²) < 4.78 is 16.7. The van der Waals surface area contributed by atoms with E-state index in [9.17, 15) is 0 Å². The summed E-state index contributed by atoms with van der Waals surface area (Å²) >= 11 is 0.